The van der Waals surface area contributed by atoms with Gasteiger partial charge in [-0.2, -0.15) is 0 Å². The van der Waals surface area contributed by atoms with E-state index in [0.29, 0.717) is 6.04 Å². The fourth-order valence-electron chi connectivity index (χ4n) is 3.41. The molecule has 0 spiro atoms. The van der Waals surface area contributed by atoms with Crippen molar-refractivity contribution in [1.29, 1.82) is 0 Å². The highest BCUT2D eigenvalue weighted by Gasteiger charge is 2.20. The van der Waals surface area contributed by atoms with Crippen LogP contribution in [0.2, 0.25) is 0 Å². The van der Waals surface area contributed by atoms with Crippen molar-refractivity contribution in [3.8, 4) is 0 Å². The van der Waals surface area contributed by atoms with Crippen LogP contribution < -0.4 is 16.0 Å². The van der Waals surface area contributed by atoms with Gasteiger partial charge in [0.2, 0.25) is 0 Å². The summed E-state index contributed by atoms with van der Waals surface area (Å²) in [6, 6.07) is 17.3. The number of rotatable bonds is 10. The lowest BCUT2D eigenvalue weighted by molar-refractivity contribution is 0.0821. The summed E-state index contributed by atoms with van der Waals surface area (Å²) in [6.07, 6.45) is 1.08. The van der Waals surface area contributed by atoms with Gasteiger partial charge in [0.1, 0.15) is 0 Å². The average Bonchev–Trinajstić information content (AvgIpc) is 2.68. The Hall–Kier alpha value is -1.92. The van der Waals surface area contributed by atoms with Crippen LogP contribution >= 0.6 is 0 Å². The molecule has 5 nitrogen and oxygen atoms in total. The Morgan fingerprint density at radius 1 is 1.07 bits per heavy atom. The number of hydrogen-bond donors (Lipinski definition) is 3. The topological polar surface area (TPSA) is 48.6 Å². The number of fused-ring (bicyclic) bond motifs is 1. The molecular formula is C22H32N4O. The predicted octanol–water partition coefficient (Wildman–Crippen LogP) is 2.96. The van der Waals surface area contributed by atoms with Gasteiger partial charge in [0.25, 0.3) is 0 Å². The largest absolute Gasteiger partial charge is 0.375 e. The molecule has 0 saturated heterocycles. The Bertz CT molecular complexity index is 690. The van der Waals surface area contributed by atoms with Crippen LogP contribution in [0.3, 0.4) is 0 Å². The van der Waals surface area contributed by atoms with E-state index in [1.807, 2.05) is 18.2 Å². The third-order valence-corrected chi connectivity index (χ3v) is 4.74. The van der Waals surface area contributed by atoms with Crippen LogP contribution in [0.1, 0.15) is 29.2 Å². The maximum atomic E-state index is 5.78. The zero-order valence-corrected chi connectivity index (χ0v) is 16.5. The van der Waals surface area contributed by atoms with E-state index in [4.69, 9.17) is 4.74 Å². The van der Waals surface area contributed by atoms with E-state index in [1.54, 1.807) is 0 Å². The van der Waals surface area contributed by atoms with Gasteiger partial charge in [-0.15, -0.1) is 0 Å². The Kier molecular flexibility index (Phi) is 7.66. The molecule has 0 aliphatic carbocycles. The van der Waals surface area contributed by atoms with Crippen molar-refractivity contribution in [3.63, 3.8) is 0 Å². The van der Waals surface area contributed by atoms with E-state index in [0.717, 1.165) is 51.6 Å². The van der Waals surface area contributed by atoms with Crippen LogP contribution in [0.4, 0.5) is 5.69 Å². The maximum Gasteiger partial charge on any atom is 0.0721 e. The van der Waals surface area contributed by atoms with Crippen molar-refractivity contribution < 1.29 is 4.74 Å². The van der Waals surface area contributed by atoms with Gasteiger partial charge in [-0.05, 0) is 62.4 Å². The molecule has 1 unspecified atom stereocenters. The lowest BCUT2D eigenvalue weighted by Gasteiger charge is -2.27. The van der Waals surface area contributed by atoms with E-state index >= 15 is 0 Å². The minimum atomic E-state index is 0.290. The molecule has 3 rings (SSSR count). The molecule has 27 heavy (non-hydrogen) atoms. The summed E-state index contributed by atoms with van der Waals surface area (Å²) >= 11 is 0. The number of nitrogens with zero attached hydrogens (tertiary/aromatic N) is 1. The molecule has 0 aromatic heterocycles. The summed E-state index contributed by atoms with van der Waals surface area (Å²) in [5, 5.41) is 10.5. The zero-order chi connectivity index (χ0) is 18.9. The van der Waals surface area contributed by atoms with Crippen LogP contribution in [0.5, 0.6) is 0 Å². The van der Waals surface area contributed by atoms with E-state index in [9.17, 15) is 0 Å². The van der Waals surface area contributed by atoms with Gasteiger partial charge >= 0.3 is 0 Å². The second-order valence-corrected chi connectivity index (χ2v) is 7.37. The van der Waals surface area contributed by atoms with Crippen molar-refractivity contribution >= 4 is 5.69 Å². The molecular weight excluding hydrogens is 336 g/mol. The number of anilines is 1. The van der Waals surface area contributed by atoms with Crippen molar-refractivity contribution in [2.45, 2.75) is 25.6 Å². The molecule has 0 radical (unpaired) electrons. The summed E-state index contributed by atoms with van der Waals surface area (Å²) in [4.78, 5) is 2.21. The summed E-state index contributed by atoms with van der Waals surface area (Å²) < 4.78 is 5.78. The molecule has 2 aromatic rings. The minimum absolute atomic E-state index is 0.290. The highest BCUT2D eigenvalue weighted by molar-refractivity contribution is 5.42. The molecule has 1 aliphatic heterocycles. The van der Waals surface area contributed by atoms with Crippen molar-refractivity contribution in [2.24, 2.45) is 0 Å². The first-order valence-electron chi connectivity index (χ1n) is 9.79. The van der Waals surface area contributed by atoms with Crippen LogP contribution in [-0.2, 0) is 17.9 Å². The fraction of sp³-hybridized carbons (Fsp3) is 0.455. The molecule has 1 aliphatic rings. The molecule has 2 aromatic carbocycles. The number of ether oxygens (including phenoxy) is 1. The van der Waals surface area contributed by atoms with Crippen molar-refractivity contribution in [1.82, 2.24) is 15.5 Å². The van der Waals surface area contributed by atoms with E-state index < -0.39 is 0 Å². The first-order chi connectivity index (χ1) is 13.2. The predicted molar refractivity (Wildman–Crippen MR) is 112 cm³/mol. The smallest absolute Gasteiger partial charge is 0.0721 e. The molecule has 0 amide bonds. The molecule has 0 saturated carbocycles. The van der Waals surface area contributed by atoms with Gasteiger partial charge in [-0.3, -0.25) is 0 Å². The molecule has 146 valence electrons. The monoisotopic (exact) mass is 368 g/mol. The highest BCUT2D eigenvalue weighted by Crippen LogP contribution is 2.26. The molecule has 1 atom stereocenters. The Labute approximate surface area is 163 Å². The fourth-order valence-corrected chi connectivity index (χ4v) is 3.41. The standard InChI is InChI=1S/C22H32N4O/c1-26(2)14-18-9-10-19-15-27-16-22(21(19)13-18)24-12-6-11-23-17-25-20-7-4-3-5-8-20/h3-5,7-10,13,22-25H,6,11-12,14-17H2,1-2H3. The lowest BCUT2D eigenvalue weighted by Crippen LogP contribution is -2.32. The van der Waals surface area contributed by atoms with Crippen LogP contribution in [0, 0.1) is 0 Å². The summed E-state index contributed by atoms with van der Waals surface area (Å²) in [7, 11) is 4.22. The van der Waals surface area contributed by atoms with Crippen molar-refractivity contribution in [3.05, 3.63) is 65.2 Å². The Morgan fingerprint density at radius 2 is 1.93 bits per heavy atom. The highest BCUT2D eigenvalue weighted by atomic mass is 16.5. The van der Waals surface area contributed by atoms with Gasteiger partial charge in [0.15, 0.2) is 0 Å². The van der Waals surface area contributed by atoms with Gasteiger partial charge in [-0.25, -0.2) is 0 Å². The molecule has 1 heterocycles. The number of nitrogens with one attached hydrogen (secondary N) is 3. The first kappa shape index (κ1) is 19.8. The molecule has 0 fully saturated rings. The van der Waals surface area contributed by atoms with Crippen LogP contribution in [0.25, 0.3) is 0 Å². The summed E-state index contributed by atoms with van der Waals surface area (Å²) in [5.41, 5.74) is 5.22. The Morgan fingerprint density at radius 3 is 2.74 bits per heavy atom. The number of hydrogen-bond acceptors (Lipinski definition) is 5. The van der Waals surface area contributed by atoms with Gasteiger partial charge in [0.05, 0.1) is 25.9 Å². The van der Waals surface area contributed by atoms with E-state index in [1.165, 1.54) is 16.7 Å². The zero-order valence-electron chi connectivity index (χ0n) is 16.5. The van der Waals surface area contributed by atoms with Gasteiger partial charge in [-0.1, -0.05) is 36.4 Å². The van der Waals surface area contributed by atoms with Crippen LogP contribution in [-0.4, -0.2) is 45.4 Å². The molecule has 5 heteroatoms. The van der Waals surface area contributed by atoms with E-state index in [-0.39, 0.29) is 0 Å². The average molecular weight is 369 g/mol. The summed E-state index contributed by atoms with van der Waals surface area (Å²) in [5.74, 6) is 0. The second-order valence-electron chi connectivity index (χ2n) is 7.37. The Balaban J connectivity index is 1.39. The molecule has 0 bridgehead atoms. The SMILES string of the molecule is CN(C)Cc1ccc2c(c1)C(NCCCNCNc1ccccc1)COC2. The van der Waals surface area contributed by atoms with Gasteiger partial charge < -0.3 is 25.6 Å². The minimum Gasteiger partial charge on any atom is -0.375 e. The van der Waals surface area contributed by atoms with Gasteiger partial charge in [0, 0.05) is 12.2 Å². The number of benzene rings is 2. The lowest BCUT2D eigenvalue weighted by atomic mass is 9.96. The summed E-state index contributed by atoms with van der Waals surface area (Å²) in [6.45, 7) is 5.19. The quantitative estimate of drug-likeness (QED) is 0.445. The first-order valence-corrected chi connectivity index (χ1v) is 9.79. The normalized spacial score (nSPS) is 16.3. The third-order valence-electron chi connectivity index (χ3n) is 4.74. The second kappa shape index (κ2) is 10.4. The third kappa shape index (κ3) is 6.33. The molecule has 3 N–H and O–H groups in total. The maximum absolute atomic E-state index is 5.78. The number of para-hydroxylation sites is 1. The van der Waals surface area contributed by atoms with Crippen molar-refractivity contribution in [2.75, 3.05) is 45.8 Å². The van der Waals surface area contributed by atoms with Crippen LogP contribution in [0.15, 0.2) is 48.5 Å². The van der Waals surface area contributed by atoms with E-state index in [2.05, 4.69) is 65.3 Å².